The van der Waals surface area contributed by atoms with Crippen LogP contribution < -0.4 is 5.48 Å². The van der Waals surface area contributed by atoms with Gasteiger partial charge in [-0.05, 0) is 24.6 Å². The summed E-state index contributed by atoms with van der Waals surface area (Å²) in [6, 6.07) is 17.8. The number of aliphatic imine (C=N–C) groups is 1. The molecule has 2 N–H and O–H groups in total. The molecule has 0 aliphatic heterocycles. The first-order valence-electron chi connectivity index (χ1n) is 5.86. The molecule has 2 rings (SSSR count). The molecule has 0 amide bonds. The predicted molar refractivity (Wildman–Crippen MR) is 73.3 cm³/mol. The van der Waals surface area contributed by atoms with Gasteiger partial charge in [0.15, 0.2) is 0 Å². The largest absolute Gasteiger partial charge is 0.290 e. The van der Waals surface area contributed by atoms with E-state index in [4.69, 9.17) is 5.21 Å². The standard InChI is InChI=1S/C15H16N2O/c1-12-7-9-14(10-8-12)16-15(17-18)11-13-5-3-2-4-6-13/h2-10,18H,11H2,1H3,(H,16,17). The van der Waals surface area contributed by atoms with Crippen LogP contribution in [-0.2, 0) is 6.42 Å². The minimum atomic E-state index is 0.532. The topological polar surface area (TPSA) is 44.6 Å². The van der Waals surface area contributed by atoms with E-state index >= 15 is 0 Å². The Kier molecular flexibility index (Phi) is 4.10. The normalized spacial score (nSPS) is 11.3. The van der Waals surface area contributed by atoms with Crippen molar-refractivity contribution in [2.75, 3.05) is 0 Å². The fourth-order valence-electron chi connectivity index (χ4n) is 1.67. The lowest BCUT2D eigenvalue weighted by Crippen LogP contribution is -2.21. The van der Waals surface area contributed by atoms with Crippen LogP contribution in [0.15, 0.2) is 59.6 Å². The van der Waals surface area contributed by atoms with E-state index < -0.39 is 0 Å². The molecule has 0 spiro atoms. The molecular formula is C15H16N2O. The average molecular weight is 240 g/mol. The number of aryl methyl sites for hydroxylation is 1. The minimum Gasteiger partial charge on any atom is -0.290 e. The van der Waals surface area contributed by atoms with Gasteiger partial charge in [0.25, 0.3) is 0 Å². The van der Waals surface area contributed by atoms with Gasteiger partial charge >= 0.3 is 0 Å². The average Bonchev–Trinajstić information content (AvgIpc) is 2.41. The number of benzene rings is 2. The summed E-state index contributed by atoms with van der Waals surface area (Å²) < 4.78 is 0. The third-order valence-electron chi connectivity index (χ3n) is 2.64. The van der Waals surface area contributed by atoms with Crippen LogP contribution in [-0.4, -0.2) is 11.0 Å². The molecule has 0 aromatic heterocycles. The van der Waals surface area contributed by atoms with E-state index in [0.29, 0.717) is 12.3 Å². The highest BCUT2D eigenvalue weighted by atomic mass is 16.5. The molecule has 0 saturated heterocycles. The molecular weight excluding hydrogens is 224 g/mol. The fourth-order valence-corrected chi connectivity index (χ4v) is 1.67. The van der Waals surface area contributed by atoms with Crippen LogP contribution in [0, 0.1) is 6.92 Å². The van der Waals surface area contributed by atoms with Crippen molar-refractivity contribution in [2.45, 2.75) is 13.3 Å². The summed E-state index contributed by atoms with van der Waals surface area (Å²) in [6.45, 7) is 2.03. The smallest absolute Gasteiger partial charge is 0.130 e. The van der Waals surface area contributed by atoms with E-state index in [2.05, 4.69) is 10.5 Å². The summed E-state index contributed by atoms with van der Waals surface area (Å²) in [7, 11) is 0. The van der Waals surface area contributed by atoms with Crippen LogP contribution in [0.3, 0.4) is 0 Å². The molecule has 3 nitrogen and oxygen atoms in total. The van der Waals surface area contributed by atoms with Crippen LogP contribution in [0.5, 0.6) is 0 Å². The molecule has 0 atom stereocenters. The maximum Gasteiger partial charge on any atom is 0.130 e. The van der Waals surface area contributed by atoms with Crippen molar-refractivity contribution < 1.29 is 5.21 Å². The summed E-state index contributed by atoms with van der Waals surface area (Å²) in [4.78, 5) is 4.37. The number of nitrogens with one attached hydrogen (secondary N) is 1. The lowest BCUT2D eigenvalue weighted by atomic mass is 10.1. The van der Waals surface area contributed by atoms with Gasteiger partial charge in [-0.2, -0.15) is 0 Å². The van der Waals surface area contributed by atoms with Crippen LogP contribution in [0.25, 0.3) is 0 Å². The molecule has 18 heavy (non-hydrogen) atoms. The van der Waals surface area contributed by atoms with Crippen molar-refractivity contribution in [3.05, 3.63) is 65.7 Å². The molecule has 0 radical (unpaired) electrons. The van der Waals surface area contributed by atoms with E-state index in [0.717, 1.165) is 11.3 Å². The Labute approximate surface area is 107 Å². The number of hydrogen-bond donors (Lipinski definition) is 2. The fraction of sp³-hybridized carbons (Fsp3) is 0.133. The van der Waals surface area contributed by atoms with Crippen molar-refractivity contribution in [1.29, 1.82) is 0 Å². The van der Waals surface area contributed by atoms with Gasteiger partial charge in [-0.1, -0.05) is 48.0 Å². The minimum absolute atomic E-state index is 0.532. The van der Waals surface area contributed by atoms with Gasteiger partial charge in [0.1, 0.15) is 5.84 Å². The highest BCUT2D eigenvalue weighted by molar-refractivity contribution is 5.85. The van der Waals surface area contributed by atoms with Gasteiger partial charge in [0.2, 0.25) is 0 Å². The van der Waals surface area contributed by atoms with Crippen molar-refractivity contribution >= 4 is 11.5 Å². The van der Waals surface area contributed by atoms with Crippen molar-refractivity contribution in [2.24, 2.45) is 4.99 Å². The third-order valence-corrected chi connectivity index (χ3v) is 2.64. The Morgan fingerprint density at radius 1 is 1.06 bits per heavy atom. The van der Waals surface area contributed by atoms with Crippen LogP contribution >= 0.6 is 0 Å². The first-order chi connectivity index (χ1) is 8.78. The molecule has 0 aliphatic rings. The number of rotatable bonds is 3. The SMILES string of the molecule is Cc1ccc(N=C(Cc2ccccc2)NO)cc1. The number of nitrogens with zero attached hydrogens (tertiary/aromatic N) is 1. The zero-order chi connectivity index (χ0) is 12.8. The third kappa shape index (κ3) is 3.43. The molecule has 0 fully saturated rings. The Morgan fingerprint density at radius 3 is 2.33 bits per heavy atom. The lowest BCUT2D eigenvalue weighted by Gasteiger charge is -2.05. The van der Waals surface area contributed by atoms with E-state index in [1.165, 1.54) is 5.56 Å². The summed E-state index contributed by atoms with van der Waals surface area (Å²) in [5.74, 6) is 0.532. The Hall–Kier alpha value is -2.13. The predicted octanol–water partition coefficient (Wildman–Crippen LogP) is 3.25. The number of hydrogen-bond acceptors (Lipinski definition) is 2. The summed E-state index contributed by atoms with van der Waals surface area (Å²) >= 11 is 0. The van der Waals surface area contributed by atoms with Crippen molar-refractivity contribution in [1.82, 2.24) is 5.48 Å². The van der Waals surface area contributed by atoms with Crippen LogP contribution in [0.4, 0.5) is 5.69 Å². The zero-order valence-corrected chi connectivity index (χ0v) is 10.3. The van der Waals surface area contributed by atoms with Gasteiger partial charge in [0.05, 0.1) is 5.69 Å². The molecule has 3 heteroatoms. The summed E-state index contributed by atoms with van der Waals surface area (Å²) in [5, 5.41) is 9.12. The Balaban J connectivity index is 2.15. The number of hydroxylamine groups is 1. The molecule has 0 unspecified atom stereocenters. The van der Waals surface area contributed by atoms with E-state index in [9.17, 15) is 0 Å². The second-order valence-electron chi connectivity index (χ2n) is 4.17. The highest BCUT2D eigenvalue weighted by Gasteiger charge is 2.00. The first-order valence-corrected chi connectivity index (χ1v) is 5.86. The number of amidine groups is 1. The zero-order valence-electron chi connectivity index (χ0n) is 10.3. The molecule has 92 valence electrons. The quantitative estimate of drug-likeness (QED) is 0.491. The monoisotopic (exact) mass is 240 g/mol. The first kappa shape index (κ1) is 12.3. The Bertz CT molecular complexity index is 518. The van der Waals surface area contributed by atoms with Crippen LogP contribution in [0.1, 0.15) is 11.1 Å². The van der Waals surface area contributed by atoms with Crippen LogP contribution in [0.2, 0.25) is 0 Å². The van der Waals surface area contributed by atoms with Gasteiger partial charge < -0.3 is 0 Å². The van der Waals surface area contributed by atoms with Crippen molar-refractivity contribution in [3.63, 3.8) is 0 Å². The second-order valence-corrected chi connectivity index (χ2v) is 4.17. The Morgan fingerprint density at radius 2 is 1.72 bits per heavy atom. The maximum absolute atomic E-state index is 9.12. The molecule has 2 aromatic carbocycles. The lowest BCUT2D eigenvalue weighted by molar-refractivity contribution is 0.232. The van der Waals surface area contributed by atoms with E-state index in [1.54, 1.807) is 0 Å². The maximum atomic E-state index is 9.12. The van der Waals surface area contributed by atoms with Crippen molar-refractivity contribution in [3.8, 4) is 0 Å². The molecule has 0 heterocycles. The molecule has 0 saturated carbocycles. The van der Waals surface area contributed by atoms with E-state index in [-0.39, 0.29) is 0 Å². The van der Waals surface area contributed by atoms with Gasteiger partial charge in [-0.15, -0.1) is 0 Å². The van der Waals surface area contributed by atoms with Gasteiger partial charge in [-0.3, -0.25) is 10.7 Å². The second kappa shape index (κ2) is 5.98. The molecule has 0 bridgehead atoms. The highest BCUT2D eigenvalue weighted by Crippen LogP contribution is 2.13. The molecule has 0 aliphatic carbocycles. The van der Waals surface area contributed by atoms with E-state index in [1.807, 2.05) is 61.5 Å². The van der Waals surface area contributed by atoms with Gasteiger partial charge in [-0.25, -0.2) is 4.99 Å². The van der Waals surface area contributed by atoms with Gasteiger partial charge in [0, 0.05) is 6.42 Å². The molecule has 2 aromatic rings. The summed E-state index contributed by atoms with van der Waals surface area (Å²) in [5.41, 5.74) is 5.28. The summed E-state index contributed by atoms with van der Waals surface area (Å²) in [6.07, 6.45) is 0.575.